The zero-order valence-corrected chi connectivity index (χ0v) is 17.8. The van der Waals surface area contributed by atoms with E-state index in [4.69, 9.17) is 9.47 Å². The molecule has 2 amide bonds. The number of methoxy groups -OCH3 is 1. The molecule has 0 spiro atoms. The van der Waals surface area contributed by atoms with Crippen molar-refractivity contribution >= 4 is 38.8 Å². The summed E-state index contributed by atoms with van der Waals surface area (Å²) in [6.07, 6.45) is 0.397. The first-order chi connectivity index (χ1) is 13.4. The Hall–Kier alpha value is -2.06. The number of thioether (sulfide) groups is 1. The van der Waals surface area contributed by atoms with Crippen molar-refractivity contribution in [2.24, 2.45) is 0 Å². The van der Waals surface area contributed by atoms with Crippen LogP contribution in [-0.4, -0.2) is 35.0 Å². The highest BCUT2D eigenvalue weighted by molar-refractivity contribution is 9.10. The van der Waals surface area contributed by atoms with Gasteiger partial charge in [0, 0.05) is 12.1 Å². The van der Waals surface area contributed by atoms with Crippen LogP contribution in [0.1, 0.15) is 18.1 Å². The van der Waals surface area contributed by atoms with Crippen molar-refractivity contribution in [1.29, 1.82) is 0 Å². The van der Waals surface area contributed by atoms with Crippen LogP contribution < -0.4 is 9.47 Å². The lowest BCUT2D eigenvalue weighted by Gasteiger charge is -2.16. The van der Waals surface area contributed by atoms with Gasteiger partial charge in [0.2, 0.25) is 5.91 Å². The highest BCUT2D eigenvalue weighted by atomic mass is 79.9. The minimum absolute atomic E-state index is 0.0535. The molecule has 2 aromatic carbocycles. The molecular weight excluding hydrogens is 449 g/mol. The number of ether oxygens (including phenoxy) is 2. The van der Waals surface area contributed by atoms with Gasteiger partial charge in [0.25, 0.3) is 5.24 Å². The summed E-state index contributed by atoms with van der Waals surface area (Å²) in [4.78, 5) is 25.5. The zero-order valence-electron chi connectivity index (χ0n) is 15.4. The largest absolute Gasteiger partial charge is 0.493 e. The van der Waals surface area contributed by atoms with Gasteiger partial charge < -0.3 is 9.47 Å². The molecule has 5 nitrogen and oxygen atoms in total. The molecule has 148 valence electrons. The van der Waals surface area contributed by atoms with Crippen LogP contribution >= 0.6 is 27.7 Å². The van der Waals surface area contributed by atoms with Gasteiger partial charge in [0.05, 0.1) is 16.8 Å². The van der Waals surface area contributed by atoms with Gasteiger partial charge in [0.1, 0.15) is 12.4 Å². The van der Waals surface area contributed by atoms with Crippen LogP contribution in [0, 0.1) is 5.82 Å². The summed E-state index contributed by atoms with van der Waals surface area (Å²) in [6.45, 7) is 2.20. The Bertz CT molecular complexity index is 908. The Labute approximate surface area is 175 Å². The molecular formula is C20H19BrFNO4S. The lowest BCUT2D eigenvalue weighted by molar-refractivity contribution is -0.126. The lowest BCUT2D eigenvalue weighted by Crippen LogP contribution is -2.31. The van der Waals surface area contributed by atoms with E-state index in [9.17, 15) is 14.0 Å². The standard InChI is InChI=1S/C20H19BrFNO4S/c1-3-23-19(24)17(28-20(23)25)10-12-8-14(21)18(16(9-12)26-2)27-11-13-6-4-5-7-15(13)22/h4-9,17H,3,10-11H2,1-2H3/t17-/m1/s1. The molecule has 1 saturated heterocycles. The van der Waals surface area contributed by atoms with Crippen LogP contribution in [0.2, 0.25) is 0 Å². The number of rotatable bonds is 7. The number of imide groups is 1. The number of amides is 2. The van der Waals surface area contributed by atoms with Gasteiger partial charge in [-0.05, 0) is 53.0 Å². The van der Waals surface area contributed by atoms with E-state index < -0.39 is 5.25 Å². The third-order valence-electron chi connectivity index (χ3n) is 4.36. The van der Waals surface area contributed by atoms with Crippen LogP contribution in [0.15, 0.2) is 40.9 Å². The highest BCUT2D eigenvalue weighted by Crippen LogP contribution is 2.39. The Morgan fingerprint density at radius 2 is 2.00 bits per heavy atom. The first kappa shape index (κ1) is 20.7. The molecule has 0 saturated carbocycles. The maximum atomic E-state index is 13.8. The van der Waals surface area contributed by atoms with E-state index in [0.29, 0.717) is 34.5 Å². The summed E-state index contributed by atoms with van der Waals surface area (Å²) in [5, 5.41) is -0.664. The van der Waals surface area contributed by atoms with E-state index in [0.717, 1.165) is 17.3 Å². The van der Waals surface area contributed by atoms with Crippen LogP contribution in [-0.2, 0) is 17.8 Å². The number of carbonyl (C=O) groups is 2. The summed E-state index contributed by atoms with van der Waals surface area (Å²) in [7, 11) is 1.51. The first-order valence-corrected chi connectivity index (χ1v) is 10.4. The second-order valence-electron chi connectivity index (χ2n) is 6.15. The molecule has 1 fully saturated rings. The summed E-state index contributed by atoms with van der Waals surface area (Å²) in [5.41, 5.74) is 1.27. The Morgan fingerprint density at radius 3 is 2.64 bits per heavy atom. The first-order valence-electron chi connectivity index (χ1n) is 8.69. The number of carbonyl (C=O) groups excluding carboxylic acids is 2. The minimum Gasteiger partial charge on any atom is -0.493 e. The fourth-order valence-corrected chi connectivity index (χ4v) is 4.62. The molecule has 0 aromatic heterocycles. The molecule has 2 aromatic rings. The molecule has 0 radical (unpaired) electrons. The van der Waals surface area contributed by atoms with E-state index in [1.807, 2.05) is 6.07 Å². The Morgan fingerprint density at radius 1 is 1.25 bits per heavy atom. The van der Waals surface area contributed by atoms with Gasteiger partial charge in [-0.25, -0.2) is 4.39 Å². The molecule has 0 aliphatic carbocycles. The molecule has 1 heterocycles. The molecule has 0 unspecified atom stereocenters. The average Bonchev–Trinajstić information content (AvgIpc) is 2.94. The molecule has 3 rings (SSSR count). The van der Waals surface area contributed by atoms with Gasteiger partial charge in [-0.1, -0.05) is 30.0 Å². The van der Waals surface area contributed by atoms with E-state index in [-0.39, 0.29) is 23.6 Å². The van der Waals surface area contributed by atoms with Gasteiger partial charge in [0.15, 0.2) is 11.5 Å². The fraction of sp³-hybridized carbons (Fsp3) is 0.300. The topological polar surface area (TPSA) is 55.8 Å². The molecule has 0 N–H and O–H groups in total. The molecule has 1 aliphatic heterocycles. The van der Waals surface area contributed by atoms with Gasteiger partial charge in [-0.15, -0.1) is 0 Å². The summed E-state index contributed by atoms with van der Waals surface area (Å²) < 4.78 is 25.6. The van der Waals surface area contributed by atoms with Gasteiger partial charge >= 0.3 is 0 Å². The third kappa shape index (κ3) is 4.33. The number of halogens is 2. The Kier molecular flexibility index (Phi) is 6.61. The van der Waals surface area contributed by atoms with Crippen LogP contribution in [0.25, 0.3) is 0 Å². The monoisotopic (exact) mass is 467 g/mol. The number of hydrogen-bond donors (Lipinski definition) is 0. The number of benzene rings is 2. The average molecular weight is 468 g/mol. The second-order valence-corrected chi connectivity index (χ2v) is 8.16. The molecule has 0 bridgehead atoms. The molecule has 28 heavy (non-hydrogen) atoms. The predicted molar refractivity (Wildman–Crippen MR) is 109 cm³/mol. The van der Waals surface area contributed by atoms with Crippen LogP contribution in [0.5, 0.6) is 11.5 Å². The van der Waals surface area contributed by atoms with E-state index in [1.54, 1.807) is 31.2 Å². The van der Waals surface area contributed by atoms with Crippen LogP contribution in [0.4, 0.5) is 9.18 Å². The molecule has 8 heteroatoms. The summed E-state index contributed by atoms with van der Waals surface area (Å²) >= 11 is 4.51. The fourth-order valence-electron chi connectivity index (χ4n) is 2.92. The van der Waals surface area contributed by atoms with Crippen molar-refractivity contribution in [3.8, 4) is 11.5 Å². The zero-order chi connectivity index (χ0) is 20.3. The smallest absolute Gasteiger partial charge is 0.289 e. The van der Waals surface area contributed by atoms with Crippen LogP contribution in [0.3, 0.4) is 0 Å². The predicted octanol–water partition coefficient (Wildman–Crippen LogP) is 4.80. The molecule has 1 atom stereocenters. The van der Waals surface area contributed by atoms with Crippen molar-refractivity contribution in [2.75, 3.05) is 13.7 Å². The van der Waals surface area contributed by atoms with Crippen molar-refractivity contribution < 1.29 is 23.5 Å². The van der Waals surface area contributed by atoms with E-state index in [1.165, 1.54) is 18.1 Å². The molecule has 1 aliphatic rings. The van der Waals surface area contributed by atoms with Crippen molar-refractivity contribution in [1.82, 2.24) is 4.90 Å². The number of hydrogen-bond acceptors (Lipinski definition) is 5. The van der Waals surface area contributed by atoms with Crippen molar-refractivity contribution in [2.45, 2.75) is 25.2 Å². The third-order valence-corrected chi connectivity index (χ3v) is 6.03. The quantitative estimate of drug-likeness (QED) is 0.585. The second kappa shape index (κ2) is 8.96. The maximum Gasteiger partial charge on any atom is 0.289 e. The van der Waals surface area contributed by atoms with E-state index in [2.05, 4.69) is 15.9 Å². The van der Waals surface area contributed by atoms with Gasteiger partial charge in [-0.3, -0.25) is 14.5 Å². The van der Waals surface area contributed by atoms with Crippen molar-refractivity contribution in [3.05, 3.63) is 57.8 Å². The lowest BCUT2D eigenvalue weighted by atomic mass is 10.1. The Balaban J connectivity index is 1.77. The van der Waals surface area contributed by atoms with Gasteiger partial charge in [-0.2, -0.15) is 0 Å². The normalized spacial score (nSPS) is 16.6. The van der Waals surface area contributed by atoms with E-state index >= 15 is 0 Å². The number of nitrogens with zero attached hydrogens (tertiary/aromatic N) is 1. The SMILES string of the molecule is CCN1C(=O)S[C@H](Cc2cc(Br)c(OCc3ccccc3F)c(OC)c2)C1=O. The summed E-state index contributed by atoms with van der Waals surface area (Å²) in [6, 6.07) is 10.0. The summed E-state index contributed by atoms with van der Waals surface area (Å²) in [5.74, 6) is 0.407. The van der Waals surface area contributed by atoms with Crippen molar-refractivity contribution in [3.63, 3.8) is 0 Å². The highest BCUT2D eigenvalue weighted by Gasteiger charge is 2.38. The minimum atomic E-state index is -0.450. The maximum absolute atomic E-state index is 13.8.